The van der Waals surface area contributed by atoms with E-state index in [1.807, 2.05) is 54.6 Å². The standard InChI is InChI=1S/C31H48N2O2/c1-2-3-4-5-6-7-8-9-10-11-12-13-14-18-24-32-26-31(34)33-29-22-19-23-30(25-29)35-27-28-20-16-15-17-21-28/h15-17,19-23,25,32H,2-14,18,24,26-27H2,1H3,(H,33,34). The molecular formula is C31H48N2O2. The third kappa shape index (κ3) is 15.3. The van der Waals surface area contributed by atoms with E-state index in [9.17, 15) is 4.79 Å². The molecule has 0 bridgehead atoms. The molecule has 194 valence electrons. The van der Waals surface area contributed by atoms with Gasteiger partial charge < -0.3 is 15.4 Å². The molecular weight excluding hydrogens is 432 g/mol. The van der Waals surface area contributed by atoms with Crippen LogP contribution in [0.3, 0.4) is 0 Å². The Bertz CT molecular complexity index is 779. The fourth-order valence-electron chi connectivity index (χ4n) is 4.26. The average molecular weight is 481 g/mol. The zero-order chi connectivity index (χ0) is 24.8. The van der Waals surface area contributed by atoms with E-state index in [-0.39, 0.29) is 5.91 Å². The number of rotatable bonds is 21. The van der Waals surface area contributed by atoms with Crippen LogP contribution < -0.4 is 15.4 Å². The molecule has 4 nitrogen and oxygen atoms in total. The lowest BCUT2D eigenvalue weighted by Crippen LogP contribution is -2.28. The van der Waals surface area contributed by atoms with Crippen LogP contribution in [0.2, 0.25) is 0 Å². The molecule has 0 saturated heterocycles. The van der Waals surface area contributed by atoms with Gasteiger partial charge in [-0.3, -0.25) is 4.79 Å². The van der Waals surface area contributed by atoms with Crippen LogP contribution in [0.25, 0.3) is 0 Å². The summed E-state index contributed by atoms with van der Waals surface area (Å²) in [5.41, 5.74) is 1.88. The second kappa shape index (κ2) is 19.9. The van der Waals surface area contributed by atoms with Gasteiger partial charge in [-0.1, -0.05) is 127 Å². The topological polar surface area (TPSA) is 50.4 Å². The first-order valence-electron chi connectivity index (χ1n) is 14.1. The van der Waals surface area contributed by atoms with Gasteiger partial charge in [-0.15, -0.1) is 0 Å². The van der Waals surface area contributed by atoms with Crippen molar-refractivity contribution in [3.63, 3.8) is 0 Å². The van der Waals surface area contributed by atoms with Crippen LogP contribution >= 0.6 is 0 Å². The van der Waals surface area contributed by atoms with Gasteiger partial charge in [0.2, 0.25) is 5.91 Å². The van der Waals surface area contributed by atoms with Crippen molar-refractivity contribution in [3.05, 3.63) is 60.2 Å². The van der Waals surface area contributed by atoms with E-state index < -0.39 is 0 Å². The van der Waals surface area contributed by atoms with Crippen molar-refractivity contribution in [2.24, 2.45) is 0 Å². The number of anilines is 1. The molecule has 1 amide bonds. The van der Waals surface area contributed by atoms with E-state index in [4.69, 9.17) is 4.74 Å². The van der Waals surface area contributed by atoms with Gasteiger partial charge in [0, 0.05) is 11.8 Å². The van der Waals surface area contributed by atoms with Crippen LogP contribution in [0.5, 0.6) is 5.75 Å². The van der Waals surface area contributed by atoms with E-state index in [2.05, 4.69) is 17.6 Å². The Morgan fingerprint density at radius 2 is 1.31 bits per heavy atom. The number of amides is 1. The van der Waals surface area contributed by atoms with Crippen molar-refractivity contribution in [2.75, 3.05) is 18.4 Å². The average Bonchev–Trinajstić information content (AvgIpc) is 2.88. The highest BCUT2D eigenvalue weighted by Gasteiger charge is 2.04. The van der Waals surface area contributed by atoms with Gasteiger partial charge >= 0.3 is 0 Å². The summed E-state index contributed by atoms with van der Waals surface area (Å²) in [5.74, 6) is 0.734. The predicted octanol–water partition coefficient (Wildman–Crippen LogP) is 8.28. The van der Waals surface area contributed by atoms with E-state index in [1.54, 1.807) is 0 Å². The van der Waals surface area contributed by atoms with E-state index >= 15 is 0 Å². The number of unbranched alkanes of at least 4 members (excludes halogenated alkanes) is 13. The highest BCUT2D eigenvalue weighted by Crippen LogP contribution is 2.18. The maximum Gasteiger partial charge on any atom is 0.238 e. The molecule has 0 aliphatic carbocycles. The number of carbonyl (C=O) groups excluding carboxylic acids is 1. The quantitative estimate of drug-likeness (QED) is 0.177. The summed E-state index contributed by atoms with van der Waals surface area (Å²) in [4.78, 5) is 12.2. The fourth-order valence-corrected chi connectivity index (χ4v) is 4.26. The Morgan fingerprint density at radius 1 is 0.714 bits per heavy atom. The van der Waals surface area contributed by atoms with Gasteiger partial charge in [0.1, 0.15) is 12.4 Å². The fraction of sp³-hybridized carbons (Fsp3) is 0.581. The summed E-state index contributed by atoms with van der Waals surface area (Å²) in [6.45, 7) is 4.03. The molecule has 0 aliphatic rings. The summed E-state index contributed by atoms with van der Waals surface area (Å²) >= 11 is 0. The number of nitrogens with one attached hydrogen (secondary N) is 2. The van der Waals surface area contributed by atoms with Crippen molar-refractivity contribution in [1.82, 2.24) is 5.32 Å². The highest BCUT2D eigenvalue weighted by molar-refractivity contribution is 5.92. The maximum absolute atomic E-state index is 12.2. The Labute approximate surface area is 214 Å². The minimum Gasteiger partial charge on any atom is -0.489 e. The number of benzene rings is 2. The Hall–Kier alpha value is -2.33. The summed E-state index contributed by atoms with van der Waals surface area (Å²) < 4.78 is 5.84. The zero-order valence-corrected chi connectivity index (χ0v) is 22.0. The largest absolute Gasteiger partial charge is 0.489 e. The van der Waals surface area contributed by atoms with Gasteiger partial charge in [-0.25, -0.2) is 0 Å². The first-order valence-corrected chi connectivity index (χ1v) is 14.1. The molecule has 0 atom stereocenters. The van der Waals surface area contributed by atoms with Crippen molar-refractivity contribution >= 4 is 11.6 Å². The number of carbonyl (C=O) groups is 1. The maximum atomic E-state index is 12.2. The molecule has 0 fully saturated rings. The van der Waals surface area contributed by atoms with Gasteiger partial charge in [-0.2, -0.15) is 0 Å². The monoisotopic (exact) mass is 480 g/mol. The zero-order valence-electron chi connectivity index (χ0n) is 22.0. The van der Waals surface area contributed by atoms with Crippen molar-refractivity contribution in [2.45, 2.75) is 103 Å². The number of ether oxygens (including phenoxy) is 1. The SMILES string of the molecule is CCCCCCCCCCCCCCCCNCC(=O)Nc1cccc(OCc2ccccc2)c1. The van der Waals surface area contributed by atoms with Crippen LogP contribution in [-0.4, -0.2) is 19.0 Å². The molecule has 0 unspecified atom stereocenters. The molecule has 2 aromatic carbocycles. The molecule has 0 aliphatic heterocycles. The number of hydrogen-bond donors (Lipinski definition) is 2. The molecule has 2 rings (SSSR count). The molecule has 0 heterocycles. The Kier molecular flexibility index (Phi) is 16.5. The molecule has 0 saturated carbocycles. The van der Waals surface area contributed by atoms with E-state index in [0.717, 1.165) is 30.0 Å². The molecule has 2 N–H and O–H groups in total. The molecule has 0 radical (unpaired) electrons. The van der Waals surface area contributed by atoms with Crippen LogP contribution in [-0.2, 0) is 11.4 Å². The van der Waals surface area contributed by atoms with Gasteiger partial charge in [-0.05, 0) is 30.7 Å². The summed E-state index contributed by atoms with van der Waals surface area (Å²) in [7, 11) is 0. The normalized spacial score (nSPS) is 10.9. The lowest BCUT2D eigenvalue weighted by Gasteiger charge is -2.10. The van der Waals surface area contributed by atoms with E-state index in [0.29, 0.717) is 13.2 Å². The first-order chi connectivity index (χ1) is 17.3. The second-order valence-electron chi connectivity index (χ2n) is 9.62. The van der Waals surface area contributed by atoms with E-state index in [1.165, 1.54) is 83.5 Å². The molecule has 0 aromatic heterocycles. The Balaban J connectivity index is 1.41. The lowest BCUT2D eigenvalue weighted by molar-refractivity contribution is -0.115. The summed E-state index contributed by atoms with van der Waals surface area (Å²) in [6, 6.07) is 17.6. The smallest absolute Gasteiger partial charge is 0.238 e. The molecule has 4 heteroatoms. The Morgan fingerprint density at radius 3 is 1.94 bits per heavy atom. The van der Waals surface area contributed by atoms with Crippen LogP contribution in [0.15, 0.2) is 54.6 Å². The molecule has 35 heavy (non-hydrogen) atoms. The van der Waals surface area contributed by atoms with Crippen LogP contribution in [0, 0.1) is 0 Å². The minimum absolute atomic E-state index is 0.0180. The highest BCUT2D eigenvalue weighted by atomic mass is 16.5. The van der Waals surface area contributed by atoms with Gasteiger partial charge in [0.25, 0.3) is 0 Å². The second-order valence-corrected chi connectivity index (χ2v) is 9.62. The van der Waals surface area contributed by atoms with Gasteiger partial charge in [0.15, 0.2) is 0 Å². The van der Waals surface area contributed by atoms with Crippen molar-refractivity contribution in [1.29, 1.82) is 0 Å². The summed E-state index contributed by atoms with van der Waals surface area (Å²) in [5, 5.41) is 6.22. The third-order valence-corrected chi connectivity index (χ3v) is 6.36. The van der Waals surface area contributed by atoms with Crippen molar-refractivity contribution in [3.8, 4) is 5.75 Å². The predicted molar refractivity (Wildman–Crippen MR) is 149 cm³/mol. The molecule has 2 aromatic rings. The lowest BCUT2D eigenvalue weighted by atomic mass is 10.0. The van der Waals surface area contributed by atoms with Gasteiger partial charge in [0.05, 0.1) is 6.54 Å². The first kappa shape index (κ1) is 28.9. The minimum atomic E-state index is -0.0180. The summed E-state index contributed by atoms with van der Waals surface area (Å²) in [6.07, 6.45) is 19.1. The van der Waals surface area contributed by atoms with Crippen molar-refractivity contribution < 1.29 is 9.53 Å². The third-order valence-electron chi connectivity index (χ3n) is 6.36. The van der Waals surface area contributed by atoms with Crippen LogP contribution in [0.4, 0.5) is 5.69 Å². The molecule has 0 spiro atoms. The van der Waals surface area contributed by atoms with Crippen LogP contribution in [0.1, 0.15) is 102 Å². The number of hydrogen-bond acceptors (Lipinski definition) is 3.